The number of nitrogens with one attached hydrogen (secondary N) is 1. The molecule has 0 bridgehead atoms. The van der Waals surface area contributed by atoms with Crippen molar-refractivity contribution < 1.29 is 0 Å². The van der Waals surface area contributed by atoms with Crippen molar-refractivity contribution in [1.29, 1.82) is 0 Å². The minimum absolute atomic E-state index is 0.243. The minimum atomic E-state index is 0.243. The monoisotopic (exact) mass is 279 g/mol. The summed E-state index contributed by atoms with van der Waals surface area (Å²) in [4.78, 5) is 0. The van der Waals surface area contributed by atoms with E-state index in [1.807, 2.05) is 0 Å². The summed E-state index contributed by atoms with van der Waals surface area (Å²) >= 11 is 6.18. The third-order valence-corrected chi connectivity index (χ3v) is 4.81. The van der Waals surface area contributed by atoms with Gasteiger partial charge in [0.25, 0.3) is 0 Å². The molecule has 0 radical (unpaired) electrons. The summed E-state index contributed by atoms with van der Waals surface area (Å²) in [5, 5.41) is 3.74. The summed E-state index contributed by atoms with van der Waals surface area (Å²) in [6.45, 7) is 1.11. The highest BCUT2D eigenvalue weighted by molar-refractivity contribution is 6.18. The lowest BCUT2D eigenvalue weighted by Gasteiger charge is -2.36. The highest BCUT2D eigenvalue weighted by Gasteiger charge is 2.29. The van der Waals surface area contributed by atoms with Gasteiger partial charge in [-0.2, -0.15) is 0 Å². The van der Waals surface area contributed by atoms with Crippen molar-refractivity contribution in [2.75, 3.05) is 12.4 Å². The highest BCUT2D eigenvalue weighted by atomic mass is 35.5. The Morgan fingerprint density at radius 2 is 1.74 bits per heavy atom. The normalized spacial score (nSPS) is 18.4. The lowest BCUT2D eigenvalue weighted by Crippen LogP contribution is -2.48. The predicted octanol–water partition coefficient (Wildman–Crippen LogP) is 4.54. The standard InChI is InChI=1S/C17H26ClN/c18-15-17(12-6-2-7-13-17)19-14-8-5-11-16-9-3-1-4-10-16/h1,3-4,9-10,19H,2,5-8,11-15H2. The molecule has 0 aliphatic heterocycles. The second-order valence-corrected chi connectivity index (χ2v) is 6.11. The first-order chi connectivity index (χ1) is 9.35. The maximum atomic E-state index is 6.18. The van der Waals surface area contributed by atoms with Crippen molar-refractivity contribution in [3.05, 3.63) is 35.9 Å². The number of rotatable bonds is 7. The average molecular weight is 280 g/mol. The van der Waals surface area contributed by atoms with Crippen LogP contribution in [0.3, 0.4) is 0 Å². The fraction of sp³-hybridized carbons (Fsp3) is 0.647. The molecule has 2 rings (SSSR count). The predicted molar refractivity (Wildman–Crippen MR) is 83.9 cm³/mol. The van der Waals surface area contributed by atoms with Gasteiger partial charge < -0.3 is 5.32 Å². The van der Waals surface area contributed by atoms with Crippen LogP contribution in [-0.4, -0.2) is 18.0 Å². The Bertz CT molecular complexity index is 344. The van der Waals surface area contributed by atoms with Crippen LogP contribution in [0.5, 0.6) is 0 Å². The molecule has 0 unspecified atom stereocenters. The van der Waals surface area contributed by atoms with E-state index in [1.54, 1.807) is 0 Å². The number of aryl methyl sites for hydroxylation is 1. The molecule has 0 saturated heterocycles. The van der Waals surface area contributed by atoms with Gasteiger partial charge in [-0.25, -0.2) is 0 Å². The Balaban J connectivity index is 1.63. The third kappa shape index (κ3) is 4.81. The van der Waals surface area contributed by atoms with Gasteiger partial charge in [-0.05, 0) is 44.2 Å². The van der Waals surface area contributed by atoms with Gasteiger partial charge in [0.05, 0.1) is 0 Å². The molecule has 2 heteroatoms. The number of unbranched alkanes of at least 4 members (excludes halogenated alkanes) is 1. The van der Waals surface area contributed by atoms with Gasteiger partial charge in [-0.1, -0.05) is 49.6 Å². The summed E-state index contributed by atoms with van der Waals surface area (Å²) in [6.07, 6.45) is 10.3. The maximum Gasteiger partial charge on any atom is 0.0406 e. The summed E-state index contributed by atoms with van der Waals surface area (Å²) in [5.41, 5.74) is 1.69. The number of hydrogen-bond donors (Lipinski definition) is 1. The molecule has 1 saturated carbocycles. The van der Waals surface area contributed by atoms with Gasteiger partial charge in [0.15, 0.2) is 0 Å². The molecular formula is C17H26ClN. The van der Waals surface area contributed by atoms with Crippen molar-refractivity contribution >= 4 is 11.6 Å². The Labute approximate surface area is 122 Å². The molecule has 106 valence electrons. The fourth-order valence-corrected chi connectivity index (χ4v) is 3.40. The Morgan fingerprint density at radius 3 is 2.42 bits per heavy atom. The van der Waals surface area contributed by atoms with Crippen molar-refractivity contribution in [2.24, 2.45) is 0 Å². The van der Waals surface area contributed by atoms with E-state index < -0.39 is 0 Å². The summed E-state index contributed by atoms with van der Waals surface area (Å²) in [6, 6.07) is 10.8. The topological polar surface area (TPSA) is 12.0 Å². The van der Waals surface area contributed by atoms with Crippen molar-refractivity contribution in [2.45, 2.75) is 56.9 Å². The van der Waals surface area contributed by atoms with Crippen molar-refractivity contribution in [3.63, 3.8) is 0 Å². The number of benzene rings is 1. The molecule has 0 amide bonds. The SMILES string of the molecule is ClCC1(NCCCCc2ccccc2)CCCCC1. The van der Waals surface area contributed by atoms with Crippen LogP contribution in [0, 0.1) is 0 Å². The van der Waals surface area contributed by atoms with Crippen LogP contribution < -0.4 is 5.32 Å². The molecule has 19 heavy (non-hydrogen) atoms. The smallest absolute Gasteiger partial charge is 0.0406 e. The van der Waals surface area contributed by atoms with Crippen LogP contribution >= 0.6 is 11.6 Å². The molecule has 0 aromatic heterocycles. The quantitative estimate of drug-likeness (QED) is 0.571. The molecule has 1 aromatic carbocycles. The van der Waals surface area contributed by atoms with E-state index in [1.165, 1.54) is 56.9 Å². The zero-order chi connectivity index (χ0) is 13.4. The van der Waals surface area contributed by atoms with Crippen molar-refractivity contribution in [1.82, 2.24) is 5.32 Å². The zero-order valence-corrected chi connectivity index (χ0v) is 12.6. The molecule has 0 spiro atoms. The van der Waals surface area contributed by atoms with Crippen LogP contribution in [0.25, 0.3) is 0 Å². The second kappa shape index (κ2) is 7.91. The molecule has 0 atom stereocenters. The molecule has 1 aromatic rings. The lowest BCUT2D eigenvalue weighted by atomic mass is 9.83. The molecule has 1 aliphatic carbocycles. The first kappa shape index (κ1) is 14.9. The summed E-state index contributed by atoms with van der Waals surface area (Å²) < 4.78 is 0. The van der Waals surface area contributed by atoms with E-state index in [2.05, 4.69) is 35.6 Å². The van der Waals surface area contributed by atoms with E-state index in [4.69, 9.17) is 11.6 Å². The minimum Gasteiger partial charge on any atom is -0.310 e. The van der Waals surface area contributed by atoms with E-state index in [0.29, 0.717) is 0 Å². The largest absolute Gasteiger partial charge is 0.310 e. The number of hydrogen-bond acceptors (Lipinski definition) is 1. The lowest BCUT2D eigenvalue weighted by molar-refractivity contribution is 0.257. The average Bonchev–Trinajstić information content (AvgIpc) is 2.49. The van der Waals surface area contributed by atoms with Crippen LogP contribution in [0.4, 0.5) is 0 Å². The number of halogens is 1. The van der Waals surface area contributed by atoms with Gasteiger partial charge in [-0.3, -0.25) is 0 Å². The van der Waals surface area contributed by atoms with Crippen LogP contribution in [-0.2, 0) is 6.42 Å². The van der Waals surface area contributed by atoms with E-state index in [0.717, 1.165) is 12.4 Å². The van der Waals surface area contributed by atoms with Gasteiger partial charge >= 0.3 is 0 Å². The molecule has 1 aliphatic rings. The molecule has 1 nitrogen and oxygen atoms in total. The summed E-state index contributed by atoms with van der Waals surface area (Å²) in [7, 11) is 0. The van der Waals surface area contributed by atoms with E-state index in [9.17, 15) is 0 Å². The van der Waals surface area contributed by atoms with Gasteiger partial charge in [0, 0.05) is 11.4 Å². The summed E-state index contributed by atoms with van der Waals surface area (Å²) in [5.74, 6) is 0.770. The fourth-order valence-electron chi connectivity index (χ4n) is 3.04. The van der Waals surface area contributed by atoms with Gasteiger partial charge in [0.2, 0.25) is 0 Å². The van der Waals surface area contributed by atoms with E-state index >= 15 is 0 Å². The van der Waals surface area contributed by atoms with Gasteiger partial charge in [0.1, 0.15) is 0 Å². The van der Waals surface area contributed by atoms with Crippen LogP contribution in [0.1, 0.15) is 50.5 Å². The first-order valence-corrected chi connectivity index (χ1v) is 8.23. The zero-order valence-electron chi connectivity index (χ0n) is 11.8. The molecule has 1 fully saturated rings. The molecular weight excluding hydrogens is 254 g/mol. The van der Waals surface area contributed by atoms with Crippen LogP contribution in [0.15, 0.2) is 30.3 Å². The highest BCUT2D eigenvalue weighted by Crippen LogP contribution is 2.29. The van der Waals surface area contributed by atoms with E-state index in [-0.39, 0.29) is 5.54 Å². The van der Waals surface area contributed by atoms with Crippen LogP contribution in [0.2, 0.25) is 0 Å². The molecule has 0 heterocycles. The Hall–Kier alpha value is -0.530. The second-order valence-electron chi connectivity index (χ2n) is 5.84. The maximum absolute atomic E-state index is 6.18. The Kier molecular flexibility index (Phi) is 6.19. The first-order valence-electron chi connectivity index (χ1n) is 7.70. The third-order valence-electron chi connectivity index (χ3n) is 4.30. The Morgan fingerprint density at radius 1 is 1.00 bits per heavy atom. The number of alkyl halides is 1. The van der Waals surface area contributed by atoms with Crippen molar-refractivity contribution in [3.8, 4) is 0 Å². The van der Waals surface area contributed by atoms with Gasteiger partial charge in [-0.15, -0.1) is 11.6 Å². The molecule has 1 N–H and O–H groups in total.